The quantitative estimate of drug-likeness (QED) is 0.629. The summed E-state index contributed by atoms with van der Waals surface area (Å²) in [6.45, 7) is 6.26. The number of carbonyl (C=O) groups is 2. The molecule has 0 unspecified atom stereocenters. The molecule has 1 aromatic rings. The molecule has 1 aromatic heterocycles. The fourth-order valence-corrected chi connectivity index (χ4v) is 2.05. The normalized spacial score (nSPS) is 15.5. The van der Waals surface area contributed by atoms with Crippen molar-refractivity contribution in [1.82, 2.24) is 10.1 Å². The van der Waals surface area contributed by atoms with Crippen LogP contribution in [0.1, 0.15) is 42.7 Å². The molecule has 0 N–H and O–H groups in total. The van der Waals surface area contributed by atoms with Gasteiger partial charge in [0.2, 0.25) is 0 Å². The molecule has 8 heteroatoms. The summed E-state index contributed by atoms with van der Waals surface area (Å²) in [5.41, 5.74) is 0.181. The van der Waals surface area contributed by atoms with Crippen LogP contribution >= 0.6 is 11.6 Å². The van der Waals surface area contributed by atoms with E-state index in [1.165, 1.54) is 6.26 Å². The number of halogens is 1. The standard InChI is InChI=1S/C13H17ClN2O5/c1-13(2,3)21-12(18)16-4-8(5-16)10-9(6-20-15-10)11(17)19-7-14/h6,8H,4-5,7H2,1-3H3. The Kier molecular flexibility index (Phi) is 4.41. The highest BCUT2D eigenvalue weighted by atomic mass is 35.5. The molecule has 0 radical (unpaired) electrons. The average Bonchev–Trinajstić information content (AvgIpc) is 2.73. The van der Waals surface area contributed by atoms with Crippen LogP contribution < -0.4 is 0 Å². The number of likely N-dealkylation sites (tertiary alicyclic amines) is 1. The van der Waals surface area contributed by atoms with Crippen molar-refractivity contribution in [2.75, 3.05) is 19.2 Å². The van der Waals surface area contributed by atoms with Gasteiger partial charge >= 0.3 is 12.1 Å². The summed E-state index contributed by atoms with van der Waals surface area (Å²) in [5, 5.41) is 3.81. The lowest BCUT2D eigenvalue weighted by Crippen LogP contribution is -2.50. The Morgan fingerprint density at radius 1 is 1.48 bits per heavy atom. The molecule has 0 spiro atoms. The van der Waals surface area contributed by atoms with Gasteiger partial charge in [0.1, 0.15) is 23.1 Å². The topological polar surface area (TPSA) is 81.9 Å². The molecule has 7 nitrogen and oxygen atoms in total. The summed E-state index contributed by atoms with van der Waals surface area (Å²) in [7, 11) is 0. The molecule has 1 aliphatic heterocycles. The van der Waals surface area contributed by atoms with Gasteiger partial charge in [-0.2, -0.15) is 0 Å². The minimum Gasteiger partial charge on any atom is -0.446 e. The monoisotopic (exact) mass is 316 g/mol. The summed E-state index contributed by atoms with van der Waals surface area (Å²) in [6, 6.07) is -0.238. The minimum absolute atomic E-state index is 0.0749. The van der Waals surface area contributed by atoms with Crippen LogP contribution in [-0.4, -0.2) is 46.9 Å². The Hall–Kier alpha value is -1.76. The van der Waals surface area contributed by atoms with E-state index in [0.29, 0.717) is 18.8 Å². The van der Waals surface area contributed by atoms with Gasteiger partial charge in [0.25, 0.3) is 0 Å². The lowest BCUT2D eigenvalue weighted by Gasteiger charge is -2.38. The van der Waals surface area contributed by atoms with Crippen LogP contribution in [0.4, 0.5) is 4.79 Å². The molecule has 21 heavy (non-hydrogen) atoms. The van der Waals surface area contributed by atoms with Crippen molar-refractivity contribution in [1.29, 1.82) is 0 Å². The summed E-state index contributed by atoms with van der Waals surface area (Å²) in [5.74, 6) is -0.661. The van der Waals surface area contributed by atoms with Gasteiger partial charge in [-0.25, -0.2) is 9.59 Å². The molecule has 1 saturated heterocycles. The molecule has 116 valence electrons. The third-order valence-corrected chi connectivity index (χ3v) is 3.03. The van der Waals surface area contributed by atoms with Crippen LogP contribution in [0.2, 0.25) is 0 Å². The third kappa shape index (κ3) is 3.66. The van der Waals surface area contributed by atoms with E-state index >= 15 is 0 Å². The Morgan fingerprint density at radius 3 is 2.71 bits per heavy atom. The van der Waals surface area contributed by atoms with Crippen LogP contribution in [0.15, 0.2) is 10.8 Å². The minimum atomic E-state index is -0.586. The first-order valence-electron chi connectivity index (χ1n) is 6.47. The molecule has 1 fully saturated rings. The number of alkyl halides is 1. The van der Waals surface area contributed by atoms with Crippen molar-refractivity contribution < 1.29 is 23.6 Å². The Bertz CT molecular complexity index is 531. The van der Waals surface area contributed by atoms with Crippen LogP contribution in [0.25, 0.3) is 0 Å². The number of nitrogens with zero attached hydrogens (tertiary/aromatic N) is 2. The highest BCUT2D eigenvalue weighted by Crippen LogP contribution is 2.30. The molecule has 0 aromatic carbocycles. The van der Waals surface area contributed by atoms with Crippen molar-refractivity contribution in [2.45, 2.75) is 32.3 Å². The predicted molar refractivity (Wildman–Crippen MR) is 73.2 cm³/mol. The van der Waals surface area contributed by atoms with Crippen LogP contribution in [0.3, 0.4) is 0 Å². The zero-order valence-electron chi connectivity index (χ0n) is 12.1. The maximum Gasteiger partial charge on any atom is 0.410 e. The summed E-state index contributed by atoms with van der Waals surface area (Å²) >= 11 is 5.36. The fourth-order valence-electron chi connectivity index (χ4n) is 1.95. The van der Waals surface area contributed by atoms with Gasteiger partial charge in [-0.05, 0) is 20.8 Å². The van der Waals surface area contributed by atoms with Crippen molar-refractivity contribution in [3.05, 3.63) is 17.5 Å². The molecular formula is C13H17ClN2O5. The van der Waals surface area contributed by atoms with Crippen molar-refractivity contribution in [3.63, 3.8) is 0 Å². The van der Waals surface area contributed by atoms with E-state index in [0.717, 1.165) is 0 Å². The van der Waals surface area contributed by atoms with E-state index in [1.807, 2.05) is 0 Å². The highest BCUT2D eigenvalue weighted by molar-refractivity contribution is 6.17. The maximum absolute atomic E-state index is 11.8. The SMILES string of the molecule is CC(C)(C)OC(=O)N1CC(c2nocc2C(=O)OCCl)C1. The van der Waals surface area contributed by atoms with Gasteiger partial charge in [0.05, 0.1) is 0 Å². The number of esters is 1. The van der Waals surface area contributed by atoms with Gasteiger partial charge in [-0.15, -0.1) is 0 Å². The van der Waals surface area contributed by atoms with Crippen LogP contribution in [0.5, 0.6) is 0 Å². The molecule has 0 aliphatic carbocycles. The summed E-state index contributed by atoms with van der Waals surface area (Å²) in [4.78, 5) is 25.0. The molecule has 0 atom stereocenters. The fraction of sp³-hybridized carbons (Fsp3) is 0.615. The number of ether oxygens (including phenoxy) is 2. The summed E-state index contributed by atoms with van der Waals surface area (Å²) in [6.07, 6.45) is 0.840. The van der Waals surface area contributed by atoms with E-state index in [-0.39, 0.29) is 23.6 Å². The van der Waals surface area contributed by atoms with Gasteiger partial charge in [-0.3, -0.25) is 0 Å². The summed E-state index contributed by atoms with van der Waals surface area (Å²) < 4.78 is 14.8. The molecule has 0 bridgehead atoms. The van der Waals surface area contributed by atoms with Crippen LogP contribution in [-0.2, 0) is 9.47 Å². The lowest BCUT2D eigenvalue weighted by molar-refractivity contribution is 0.00757. The van der Waals surface area contributed by atoms with Crippen LogP contribution in [0, 0.1) is 0 Å². The Balaban J connectivity index is 1.95. The first-order chi connectivity index (χ1) is 9.81. The molecule has 2 heterocycles. The van der Waals surface area contributed by atoms with E-state index in [9.17, 15) is 9.59 Å². The second-order valence-corrected chi connectivity index (χ2v) is 5.95. The molecule has 0 saturated carbocycles. The first kappa shape index (κ1) is 15.6. The van der Waals surface area contributed by atoms with E-state index in [2.05, 4.69) is 5.16 Å². The number of rotatable bonds is 3. The molecule has 1 aliphatic rings. The van der Waals surface area contributed by atoms with Gasteiger partial charge in [0.15, 0.2) is 6.07 Å². The first-order valence-corrected chi connectivity index (χ1v) is 7.00. The van der Waals surface area contributed by atoms with Gasteiger partial charge < -0.3 is 18.9 Å². The van der Waals surface area contributed by atoms with Crippen molar-refractivity contribution in [3.8, 4) is 0 Å². The van der Waals surface area contributed by atoms with Gasteiger partial charge in [0, 0.05) is 19.0 Å². The lowest BCUT2D eigenvalue weighted by atomic mass is 9.94. The predicted octanol–water partition coefficient (Wildman–Crippen LogP) is 2.36. The molecule has 1 amide bonds. The number of hydrogen-bond acceptors (Lipinski definition) is 6. The number of amides is 1. The Labute approximate surface area is 127 Å². The zero-order chi connectivity index (χ0) is 15.6. The molecule has 2 rings (SSSR count). The van der Waals surface area contributed by atoms with E-state index < -0.39 is 11.6 Å². The number of aromatic nitrogens is 1. The zero-order valence-corrected chi connectivity index (χ0v) is 12.8. The van der Waals surface area contributed by atoms with E-state index in [4.69, 9.17) is 25.6 Å². The smallest absolute Gasteiger partial charge is 0.410 e. The second-order valence-electron chi connectivity index (χ2n) is 5.74. The molecular weight excluding hydrogens is 300 g/mol. The number of carbonyl (C=O) groups excluding carboxylic acids is 2. The third-order valence-electron chi connectivity index (χ3n) is 2.92. The van der Waals surface area contributed by atoms with Gasteiger partial charge in [-0.1, -0.05) is 16.8 Å². The average molecular weight is 317 g/mol. The Morgan fingerprint density at radius 2 is 2.14 bits per heavy atom. The maximum atomic E-state index is 11.8. The van der Waals surface area contributed by atoms with Crippen molar-refractivity contribution >= 4 is 23.7 Å². The van der Waals surface area contributed by atoms with Crippen molar-refractivity contribution in [2.24, 2.45) is 0 Å². The largest absolute Gasteiger partial charge is 0.446 e. The second kappa shape index (κ2) is 5.93. The number of hydrogen-bond donors (Lipinski definition) is 0. The highest BCUT2D eigenvalue weighted by Gasteiger charge is 2.38. The van der Waals surface area contributed by atoms with E-state index in [1.54, 1.807) is 25.7 Å².